The van der Waals surface area contributed by atoms with Crippen LogP contribution in [0.2, 0.25) is 0 Å². The number of carbonyl (C=O) groups is 1. The average molecular weight is 277 g/mol. The Morgan fingerprint density at radius 1 is 1.25 bits per heavy atom. The van der Waals surface area contributed by atoms with Crippen molar-refractivity contribution in [1.29, 1.82) is 0 Å². The van der Waals surface area contributed by atoms with E-state index in [0.29, 0.717) is 11.3 Å². The topological polar surface area (TPSA) is 86.5 Å². The quantitative estimate of drug-likeness (QED) is 0.760. The van der Waals surface area contributed by atoms with Gasteiger partial charge in [0, 0.05) is 7.05 Å². The lowest BCUT2D eigenvalue weighted by atomic mass is 9.84. The normalized spacial score (nSPS) is 19.9. The van der Waals surface area contributed by atoms with Crippen LogP contribution in [0.15, 0.2) is 12.1 Å². The van der Waals surface area contributed by atoms with E-state index >= 15 is 0 Å². The van der Waals surface area contributed by atoms with Crippen molar-refractivity contribution in [3.8, 4) is 0 Å². The third kappa shape index (κ3) is 2.38. The van der Waals surface area contributed by atoms with E-state index in [4.69, 9.17) is 15.0 Å². The highest BCUT2D eigenvalue weighted by atomic mass is 16.7. The van der Waals surface area contributed by atoms with Crippen LogP contribution in [0.1, 0.15) is 38.2 Å². The first kappa shape index (κ1) is 14.8. The van der Waals surface area contributed by atoms with Gasteiger partial charge in [0.15, 0.2) is 5.69 Å². The molecule has 0 aliphatic carbocycles. The summed E-state index contributed by atoms with van der Waals surface area (Å²) in [4.78, 5) is 16.0. The molecular formula is C13H20BN3O3. The van der Waals surface area contributed by atoms with Crippen LogP contribution < -0.4 is 16.6 Å². The second-order valence-electron chi connectivity index (χ2n) is 5.84. The number of hydrogen-bond donors (Lipinski definition) is 2. The molecule has 0 unspecified atom stereocenters. The molecule has 1 aromatic rings. The highest BCUT2D eigenvalue weighted by Crippen LogP contribution is 2.36. The van der Waals surface area contributed by atoms with Gasteiger partial charge >= 0.3 is 7.12 Å². The molecule has 1 aliphatic heterocycles. The van der Waals surface area contributed by atoms with Crippen molar-refractivity contribution in [2.75, 3.05) is 12.8 Å². The highest BCUT2D eigenvalue weighted by molar-refractivity contribution is 6.61. The number of nitrogens with one attached hydrogen (secondary N) is 1. The second kappa shape index (κ2) is 4.75. The Hall–Kier alpha value is -1.60. The smallest absolute Gasteiger partial charge is 0.398 e. The fourth-order valence-electron chi connectivity index (χ4n) is 1.88. The number of nitrogens with two attached hydrogens (primary N) is 1. The van der Waals surface area contributed by atoms with Crippen molar-refractivity contribution in [1.82, 2.24) is 10.3 Å². The number of pyridine rings is 1. The van der Waals surface area contributed by atoms with Crippen molar-refractivity contribution in [2.45, 2.75) is 38.9 Å². The summed E-state index contributed by atoms with van der Waals surface area (Å²) >= 11 is 0. The summed E-state index contributed by atoms with van der Waals surface area (Å²) in [5.41, 5.74) is 5.91. The van der Waals surface area contributed by atoms with Crippen LogP contribution in [0.3, 0.4) is 0 Å². The van der Waals surface area contributed by atoms with Crippen LogP contribution in [0.4, 0.5) is 5.69 Å². The van der Waals surface area contributed by atoms with Crippen molar-refractivity contribution in [2.24, 2.45) is 0 Å². The SMILES string of the molecule is CNC(=O)c1nc(B2OC(C)(C)C(C)(C)O2)ccc1N. The van der Waals surface area contributed by atoms with E-state index in [2.05, 4.69) is 10.3 Å². The van der Waals surface area contributed by atoms with E-state index in [1.807, 2.05) is 27.7 Å². The number of hydrogen-bond acceptors (Lipinski definition) is 5. The van der Waals surface area contributed by atoms with E-state index in [1.165, 1.54) is 7.05 Å². The molecule has 3 N–H and O–H groups in total. The molecule has 2 heterocycles. The van der Waals surface area contributed by atoms with Gasteiger partial charge in [0.25, 0.3) is 5.91 Å². The van der Waals surface area contributed by atoms with Crippen LogP contribution >= 0.6 is 0 Å². The fraction of sp³-hybridized carbons (Fsp3) is 0.538. The summed E-state index contributed by atoms with van der Waals surface area (Å²) in [5, 5.41) is 2.51. The van der Waals surface area contributed by atoms with Crippen molar-refractivity contribution < 1.29 is 14.1 Å². The molecule has 108 valence electrons. The number of anilines is 1. The Morgan fingerprint density at radius 2 is 1.80 bits per heavy atom. The largest absolute Gasteiger partial charge is 0.514 e. The average Bonchev–Trinajstić information content (AvgIpc) is 2.58. The van der Waals surface area contributed by atoms with Gasteiger partial charge in [0.05, 0.1) is 22.5 Å². The number of amides is 1. The minimum Gasteiger partial charge on any atom is -0.398 e. The minimum absolute atomic E-state index is 0.180. The van der Waals surface area contributed by atoms with E-state index in [0.717, 1.165) is 0 Å². The van der Waals surface area contributed by atoms with Gasteiger partial charge in [0.1, 0.15) is 0 Å². The highest BCUT2D eigenvalue weighted by Gasteiger charge is 2.52. The number of nitrogens with zero attached hydrogens (tertiary/aromatic N) is 1. The molecule has 6 nitrogen and oxygen atoms in total. The second-order valence-corrected chi connectivity index (χ2v) is 5.84. The molecule has 1 saturated heterocycles. The standard InChI is InChI=1S/C13H20BN3O3/c1-12(2)13(3,4)20-14(19-12)9-7-6-8(15)10(17-9)11(18)16-5/h6-7H,15H2,1-5H3,(H,16,18). The zero-order chi connectivity index (χ0) is 15.1. The van der Waals surface area contributed by atoms with Crippen molar-refractivity contribution >= 4 is 24.3 Å². The van der Waals surface area contributed by atoms with Crippen LogP contribution in [-0.4, -0.2) is 36.3 Å². The lowest BCUT2D eigenvalue weighted by Crippen LogP contribution is -2.41. The van der Waals surface area contributed by atoms with E-state index in [-0.39, 0.29) is 11.6 Å². The summed E-state index contributed by atoms with van der Waals surface area (Å²) in [7, 11) is 0.925. The fourth-order valence-corrected chi connectivity index (χ4v) is 1.88. The Kier molecular flexibility index (Phi) is 3.52. The Morgan fingerprint density at radius 3 is 2.30 bits per heavy atom. The predicted octanol–water partition coefficient (Wildman–Crippen LogP) is 0.323. The molecule has 0 aromatic carbocycles. The predicted molar refractivity (Wildman–Crippen MR) is 77.8 cm³/mol. The number of carbonyl (C=O) groups excluding carboxylic acids is 1. The Bertz CT molecular complexity index is 530. The van der Waals surface area contributed by atoms with E-state index in [1.54, 1.807) is 12.1 Å². The van der Waals surface area contributed by atoms with Gasteiger partial charge in [-0.2, -0.15) is 0 Å². The van der Waals surface area contributed by atoms with Gasteiger partial charge in [-0.1, -0.05) is 0 Å². The zero-order valence-electron chi connectivity index (χ0n) is 12.5. The molecule has 0 bridgehead atoms. The van der Waals surface area contributed by atoms with Gasteiger partial charge < -0.3 is 20.4 Å². The molecular weight excluding hydrogens is 257 g/mol. The first-order valence-electron chi connectivity index (χ1n) is 6.52. The molecule has 2 rings (SSSR count). The summed E-state index contributed by atoms with van der Waals surface area (Å²) in [6.07, 6.45) is 0. The van der Waals surface area contributed by atoms with Gasteiger partial charge in [-0.15, -0.1) is 0 Å². The van der Waals surface area contributed by atoms with Crippen LogP contribution in [0, 0.1) is 0 Å². The monoisotopic (exact) mass is 277 g/mol. The van der Waals surface area contributed by atoms with Crippen molar-refractivity contribution in [3.05, 3.63) is 17.8 Å². The summed E-state index contributed by atoms with van der Waals surface area (Å²) in [5.74, 6) is -0.333. The van der Waals surface area contributed by atoms with Gasteiger partial charge in [-0.25, -0.2) is 4.98 Å². The van der Waals surface area contributed by atoms with Crippen LogP contribution in [0.5, 0.6) is 0 Å². The first-order valence-corrected chi connectivity index (χ1v) is 6.52. The summed E-state index contributed by atoms with van der Waals surface area (Å²) in [6.45, 7) is 7.85. The minimum atomic E-state index is -0.607. The Labute approximate surface area is 119 Å². The number of rotatable bonds is 2. The Balaban J connectivity index is 2.34. The lowest BCUT2D eigenvalue weighted by Gasteiger charge is -2.32. The molecule has 0 atom stereocenters. The molecule has 20 heavy (non-hydrogen) atoms. The molecule has 0 spiro atoms. The molecule has 7 heteroatoms. The molecule has 0 saturated carbocycles. The summed E-state index contributed by atoms with van der Waals surface area (Å²) in [6, 6.07) is 3.35. The zero-order valence-corrected chi connectivity index (χ0v) is 12.5. The third-order valence-corrected chi connectivity index (χ3v) is 3.88. The van der Waals surface area contributed by atoms with Gasteiger partial charge in [0.2, 0.25) is 0 Å². The van der Waals surface area contributed by atoms with E-state index < -0.39 is 18.3 Å². The molecule has 1 amide bonds. The van der Waals surface area contributed by atoms with E-state index in [9.17, 15) is 4.79 Å². The molecule has 1 aromatic heterocycles. The maximum atomic E-state index is 11.7. The maximum absolute atomic E-state index is 11.7. The molecule has 0 radical (unpaired) electrons. The van der Waals surface area contributed by atoms with Crippen molar-refractivity contribution in [3.63, 3.8) is 0 Å². The molecule has 1 aliphatic rings. The van der Waals surface area contributed by atoms with Gasteiger partial charge in [-0.3, -0.25) is 4.79 Å². The maximum Gasteiger partial charge on any atom is 0.514 e. The molecule has 1 fully saturated rings. The van der Waals surface area contributed by atoms with Crippen LogP contribution in [0.25, 0.3) is 0 Å². The third-order valence-electron chi connectivity index (χ3n) is 3.88. The first-order chi connectivity index (χ1) is 9.18. The number of aromatic nitrogens is 1. The summed E-state index contributed by atoms with van der Waals surface area (Å²) < 4.78 is 11.8. The van der Waals surface area contributed by atoms with Gasteiger partial charge in [-0.05, 0) is 39.8 Å². The lowest BCUT2D eigenvalue weighted by molar-refractivity contribution is 0.00578. The van der Waals surface area contributed by atoms with Crippen LogP contribution in [-0.2, 0) is 9.31 Å². The number of nitrogen functional groups attached to an aromatic ring is 1.